The number of hydrogen-bond donors (Lipinski definition) is 2. The summed E-state index contributed by atoms with van der Waals surface area (Å²) in [6.07, 6.45) is -1.33. The van der Waals surface area contributed by atoms with E-state index in [9.17, 15) is 31.4 Å². The number of hydrogen-bond acceptors (Lipinski definition) is 2. The summed E-state index contributed by atoms with van der Waals surface area (Å²) in [5, 5.41) is 14.2. The highest BCUT2D eigenvalue weighted by atomic mass is 19.4. The lowest BCUT2D eigenvalue weighted by Gasteiger charge is -2.36. The van der Waals surface area contributed by atoms with Gasteiger partial charge in [-0.1, -0.05) is 39.0 Å². The molecule has 0 amide bonds. The molecule has 3 rings (SSSR count). The first-order valence-electron chi connectivity index (χ1n) is 13.6. The molecule has 1 aromatic carbocycles. The number of halogens is 6. The van der Waals surface area contributed by atoms with Gasteiger partial charge < -0.3 is 15.2 Å². The van der Waals surface area contributed by atoms with Gasteiger partial charge in [0.2, 0.25) is 0 Å². The van der Waals surface area contributed by atoms with Gasteiger partial charge in [-0.05, 0) is 50.5 Å². The van der Waals surface area contributed by atoms with Crippen molar-refractivity contribution in [1.82, 2.24) is 5.32 Å². The van der Waals surface area contributed by atoms with E-state index in [4.69, 9.17) is 4.74 Å². The van der Waals surface area contributed by atoms with E-state index in [1.165, 1.54) is 19.3 Å². The molecule has 0 spiro atoms. The average Bonchev–Trinajstić information content (AvgIpc) is 2.80. The van der Waals surface area contributed by atoms with Crippen molar-refractivity contribution in [1.29, 1.82) is 0 Å². The first-order valence-corrected chi connectivity index (χ1v) is 13.6. The van der Waals surface area contributed by atoms with Gasteiger partial charge in [-0.15, -0.1) is 0 Å². The minimum Gasteiger partial charge on any atom is -0.430 e. The third kappa shape index (κ3) is 8.52. The van der Waals surface area contributed by atoms with Gasteiger partial charge in [0.05, 0.1) is 11.1 Å². The lowest BCUT2D eigenvalue weighted by Crippen LogP contribution is -2.52. The van der Waals surface area contributed by atoms with Crippen LogP contribution in [0, 0.1) is 5.92 Å². The molecule has 38 heavy (non-hydrogen) atoms. The van der Waals surface area contributed by atoms with Crippen molar-refractivity contribution in [2.24, 2.45) is 5.92 Å². The number of ether oxygens (including phenoxy) is 1. The second kappa shape index (κ2) is 12.0. The van der Waals surface area contributed by atoms with Crippen molar-refractivity contribution < 1.29 is 40.8 Å². The lowest BCUT2D eigenvalue weighted by atomic mass is 9.80. The van der Waals surface area contributed by atoms with Gasteiger partial charge in [0.25, 0.3) is 0 Å². The van der Waals surface area contributed by atoms with Crippen LogP contribution < -0.4 is 5.32 Å². The molecular formula is C28H41F6N2O2+. The lowest BCUT2D eigenvalue weighted by molar-refractivity contribution is -0.630. The maximum Gasteiger partial charge on any atom is 0.547 e. The average molecular weight is 552 g/mol. The van der Waals surface area contributed by atoms with Crippen molar-refractivity contribution in [2.75, 3.05) is 0 Å². The largest absolute Gasteiger partial charge is 0.547 e. The van der Waals surface area contributed by atoms with Crippen LogP contribution in [0.5, 0.6) is 0 Å². The molecule has 216 valence electrons. The predicted octanol–water partition coefficient (Wildman–Crippen LogP) is 7.84. The van der Waals surface area contributed by atoms with Crippen LogP contribution >= 0.6 is 0 Å². The first-order chi connectivity index (χ1) is 17.6. The molecule has 2 fully saturated rings. The molecule has 3 atom stereocenters. The van der Waals surface area contributed by atoms with Gasteiger partial charge in [0.15, 0.2) is 12.1 Å². The van der Waals surface area contributed by atoms with E-state index < -0.39 is 29.1 Å². The molecule has 2 aliphatic rings. The number of nitrogens with one attached hydrogen (secondary N) is 1. The van der Waals surface area contributed by atoms with Crippen LogP contribution in [0.3, 0.4) is 0 Å². The fourth-order valence-electron chi connectivity index (χ4n) is 5.85. The van der Waals surface area contributed by atoms with Crippen LogP contribution in [0.25, 0.3) is 0 Å². The normalized spacial score (nSPS) is 25.4. The Morgan fingerprint density at radius 3 is 1.97 bits per heavy atom. The molecule has 2 N–H and O–H groups in total. The third-order valence-electron chi connectivity index (χ3n) is 7.56. The van der Waals surface area contributed by atoms with Crippen molar-refractivity contribution in [3.05, 3.63) is 34.9 Å². The quantitative estimate of drug-likeness (QED) is 0.215. The molecule has 0 aromatic heterocycles. The van der Waals surface area contributed by atoms with E-state index in [2.05, 4.69) is 5.32 Å². The Morgan fingerprint density at radius 1 is 0.921 bits per heavy atom. The van der Waals surface area contributed by atoms with E-state index >= 15 is 0 Å². The van der Waals surface area contributed by atoms with E-state index in [1.807, 2.05) is 32.3 Å². The Kier molecular flexibility index (Phi) is 9.69. The number of nitrogens with zero attached hydrogens (tertiary/aromatic N) is 1. The molecule has 1 aromatic rings. The number of piperidine rings is 1. The Labute approximate surface area is 221 Å². The molecule has 1 aliphatic carbocycles. The zero-order chi connectivity index (χ0) is 28.3. The fourth-order valence-corrected chi connectivity index (χ4v) is 5.85. The van der Waals surface area contributed by atoms with Gasteiger partial charge in [0, 0.05) is 38.3 Å². The Balaban J connectivity index is 1.84. The standard InChI is InChI=1S/C28H40F6N2O2/c1-5-23-15-22(35-17-19-11-20(27(29,30)31)14-21(12-19)28(32,33)34)16-24(13-18-9-7-6-8-10-18)36(23)25(37)38-26(2,3)4/h11-12,14,18,22-24,35H,5-10,13,15-17H2,1-4H3/p+1/t22-,23+,24?/m0/s1. The Bertz CT molecular complexity index is 929. The van der Waals surface area contributed by atoms with Crippen LogP contribution in [0.1, 0.15) is 102 Å². The maximum absolute atomic E-state index is 13.3. The second-order valence-corrected chi connectivity index (χ2v) is 11.8. The molecule has 0 bridgehead atoms. The van der Waals surface area contributed by atoms with Crippen molar-refractivity contribution in [2.45, 2.75) is 128 Å². The highest BCUT2D eigenvalue weighted by molar-refractivity contribution is 5.59. The Morgan fingerprint density at radius 2 is 1.47 bits per heavy atom. The summed E-state index contributed by atoms with van der Waals surface area (Å²) in [4.78, 5) is 0. The SMILES string of the molecule is CC[C@@H]1C[C@H](NCc2cc(C(F)(F)F)cc(C(F)(F)F)c2)CC(CC2CCCCC2)[N+]1=C(O)OC(C)(C)C. The Hall–Kier alpha value is -1.97. The molecule has 1 unspecified atom stereocenters. The van der Waals surface area contributed by atoms with Crippen LogP contribution in [0.4, 0.5) is 26.3 Å². The summed E-state index contributed by atoms with van der Waals surface area (Å²) in [7, 11) is 0. The van der Waals surface area contributed by atoms with Crippen LogP contribution in [0.2, 0.25) is 0 Å². The molecule has 0 radical (unpaired) electrons. The summed E-state index contributed by atoms with van der Waals surface area (Å²) in [6, 6.07) is 1.46. The van der Waals surface area contributed by atoms with Gasteiger partial charge in [-0.2, -0.15) is 30.9 Å². The number of alkyl halides is 6. The van der Waals surface area contributed by atoms with Crippen LogP contribution in [-0.2, 0) is 23.6 Å². The highest BCUT2D eigenvalue weighted by Gasteiger charge is 2.43. The smallest absolute Gasteiger partial charge is 0.430 e. The molecule has 1 heterocycles. The van der Waals surface area contributed by atoms with E-state index in [1.54, 1.807) is 0 Å². The minimum atomic E-state index is -4.87. The molecule has 1 saturated carbocycles. The van der Waals surface area contributed by atoms with Gasteiger partial charge in [-0.3, -0.25) is 0 Å². The summed E-state index contributed by atoms with van der Waals surface area (Å²) < 4.78 is 87.7. The highest BCUT2D eigenvalue weighted by Crippen LogP contribution is 2.37. The summed E-state index contributed by atoms with van der Waals surface area (Å²) in [5.41, 5.74) is -3.26. The van der Waals surface area contributed by atoms with Gasteiger partial charge in [-0.25, -0.2) is 0 Å². The molecule has 10 heteroatoms. The predicted molar refractivity (Wildman–Crippen MR) is 134 cm³/mol. The molecular weight excluding hydrogens is 510 g/mol. The van der Waals surface area contributed by atoms with Crippen LogP contribution in [-0.4, -0.2) is 39.5 Å². The topological polar surface area (TPSA) is 44.5 Å². The van der Waals surface area contributed by atoms with E-state index in [0.29, 0.717) is 25.2 Å². The number of benzene rings is 1. The number of aliphatic hydroxyl groups is 1. The fraction of sp³-hybridized carbons (Fsp3) is 0.750. The summed E-state index contributed by atoms with van der Waals surface area (Å²) in [5.74, 6) is 0.507. The molecule has 1 saturated heterocycles. The van der Waals surface area contributed by atoms with E-state index in [0.717, 1.165) is 31.4 Å². The van der Waals surface area contributed by atoms with E-state index in [-0.39, 0.29) is 42.4 Å². The number of rotatable bonds is 6. The number of aliphatic hydroxyl groups excluding tert-OH is 1. The van der Waals surface area contributed by atoms with Gasteiger partial charge >= 0.3 is 18.4 Å². The zero-order valence-electron chi connectivity index (χ0n) is 22.7. The van der Waals surface area contributed by atoms with Crippen molar-refractivity contribution in [3.8, 4) is 0 Å². The van der Waals surface area contributed by atoms with Crippen molar-refractivity contribution in [3.63, 3.8) is 0 Å². The monoisotopic (exact) mass is 551 g/mol. The van der Waals surface area contributed by atoms with Gasteiger partial charge in [0.1, 0.15) is 5.60 Å². The summed E-state index contributed by atoms with van der Waals surface area (Å²) >= 11 is 0. The molecule has 1 aliphatic heterocycles. The van der Waals surface area contributed by atoms with Crippen molar-refractivity contribution >= 4 is 6.08 Å². The minimum absolute atomic E-state index is 0.0519. The first kappa shape index (κ1) is 30.6. The second-order valence-electron chi connectivity index (χ2n) is 11.8. The third-order valence-corrected chi connectivity index (χ3v) is 7.56. The maximum atomic E-state index is 13.3. The molecule has 4 nitrogen and oxygen atoms in total. The van der Waals surface area contributed by atoms with Crippen LogP contribution in [0.15, 0.2) is 18.2 Å². The zero-order valence-corrected chi connectivity index (χ0v) is 22.7. The summed E-state index contributed by atoms with van der Waals surface area (Å²) in [6.45, 7) is 7.47.